The minimum atomic E-state index is -4.71. The van der Waals surface area contributed by atoms with Crippen LogP contribution in [0.25, 0.3) is 11.4 Å². The summed E-state index contributed by atoms with van der Waals surface area (Å²) in [6.45, 7) is 2.42. The van der Waals surface area contributed by atoms with E-state index < -0.39 is 22.9 Å². The second kappa shape index (κ2) is 8.15. The molecule has 4 rings (SSSR count). The molecule has 4 aromatic rings. The predicted octanol–water partition coefficient (Wildman–Crippen LogP) is 2.76. The monoisotopic (exact) mass is 464 g/mol. The summed E-state index contributed by atoms with van der Waals surface area (Å²) in [4.78, 5) is 30.0. The molecule has 166 valence electrons. The number of halogens is 3. The third kappa shape index (κ3) is 4.10. The summed E-state index contributed by atoms with van der Waals surface area (Å²) in [7, 11) is 1.67. The molecule has 13 heteroatoms. The lowest BCUT2D eigenvalue weighted by Gasteiger charge is -2.23. The lowest BCUT2D eigenvalue weighted by molar-refractivity contribution is -0.159. The molecule has 2 aromatic carbocycles. The second-order valence-corrected chi connectivity index (χ2v) is 7.83. The molecule has 0 radical (unpaired) electrons. The molecule has 0 spiro atoms. The van der Waals surface area contributed by atoms with Gasteiger partial charge in [0.05, 0.1) is 17.1 Å². The van der Waals surface area contributed by atoms with Crippen LogP contribution in [-0.2, 0) is 19.3 Å². The summed E-state index contributed by atoms with van der Waals surface area (Å²) in [6, 6.07) is 6.44. The highest BCUT2D eigenvalue weighted by Crippen LogP contribution is 2.29. The van der Waals surface area contributed by atoms with Crippen molar-refractivity contribution in [1.29, 1.82) is 0 Å². The zero-order valence-corrected chi connectivity index (χ0v) is 17.5. The fourth-order valence-corrected chi connectivity index (χ4v) is 3.63. The molecule has 2 aromatic heterocycles. The maximum atomic E-state index is 12.6. The van der Waals surface area contributed by atoms with Crippen LogP contribution in [0.1, 0.15) is 22.0 Å². The van der Waals surface area contributed by atoms with E-state index in [0.29, 0.717) is 18.7 Å². The Morgan fingerprint density at radius 1 is 1.16 bits per heavy atom. The first-order chi connectivity index (χ1) is 15.1. The van der Waals surface area contributed by atoms with E-state index in [2.05, 4.69) is 29.6 Å². The highest BCUT2D eigenvalue weighted by Gasteiger charge is 2.38. The van der Waals surface area contributed by atoms with Crippen LogP contribution in [0.15, 0.2) is 38.4 Å². The van der Waals surface area contributed by atoms with E-state index >= 15 is 0 Å². The molecule has 0 unspecified atom stereocenters. The van der Waals surface area contributed by atoms with Crippen molar-refractivity contribution in [2.45, 2.75) is 26.2 Å². The van der Waals surface area contributed by atoms with Crippen molar-refractivity contribution in [3.63, 3.8) is 0 Å². The number of hydrogen-bond acceptors (Lipinski definition) is 10. The lowest BCUT2D eigenvalue weighted by Crippen LogP contribution is -2.41. The summed E-state index contributed by atoms with van der Waals surface area (Å²) in [5.41, 5.74) is 1.18. The van der Waals surface area contributed by atoms with Crippen molar-refractivity contribution in [1.82, 2.24) is 19.7 Å². The number of aromatic nitrogens is 4. The number of aryl methyl sites for hydroxylation is 1. The smallest absolute Gasteiger partial charge is 0.375 e. The Morgan fingerprint density at radius 2 is 1.88 bits per heavy atom. The van der Waals surface area contributed by atoms with Crippen LogP contribution >= 0.6 is 11.5 Å². The van der Waals surface area contributed by atoms with Crippen molar-refractivity contribution in [3.05, 3.63) is 66.7 Å². The van der Waals surface area contributed by atoms with Crippen LogP contribution in [0.2, 0.25) is 0 Å². The highest BCUT2D eigenvalue weighted by atomic mass is 32.1. The molecule has 1 N–H and O–H groups in total. The molecule has 0 aliphatic carbocycles. The third-order valence-corrected chi connectivity index (χ3v) is 5.56. The largest absolute Gasteiger partial charge is 0.471 e. The zero-order valence-electron chi connectivity index (χ0n) is 16.7. The maximum Gasteiger partial charge on any atom is 0.471 e. The van der Waals surface area contributed by atoms with Gasteiger partial charge >= 0.3 is 12.1 Å². The van der Waals surface area contributed by atoms with E-state index in [1.165, 1.54) is 11.5 Å². The van der Waals surface area contributed by atoms with Crippen LogP contribution < -0.4 is 21.1 Å². The van der Waals surface area contributed by atoms with E-state index in [0.717, 1.165) is 16.1 Å². The van der Waals surface area contributed by atoms with Gasteiger partial charge in [0.25, 0.3) is 10.9 Å². The first-order valence-electron chi connectivity index (χ1n) is 9.21. The number of nitrogens with zero attached hydrogens (tertiary/aromatic N) is 5. The van der Waals surface area contributed by atoms with Crippen molar-refractivity contribution in [3.8, 4) is 11.4 Å². The normalized spacial score (nSPS) is 11.8. The molecule has 2 heterocycles. The quantitative estimate of drug-likeness (QED) is 0.412. The molecular formula is C19H15F3N6O3S. The summed E-state index contributed by atoms with van der Waals surface area (Å²) in [5.74, 6) is -1.60. The number of alkyl halides is 3. The Morgan fingerprint density at radius 3 is 2.47 bits per heavy atom. The lowest BCUT2D eigenvalue weighted by atomic mass is 10.1. The average molecular weight is 464 g/mol. The van der Waals surface area contributed by atoms with Gasteiger partial charge in [0.15, 0.2) is 0 Å². The molecule has 0 saturated carbocycles. The standard InChI is InChI=1S/C19H15F3N6O3S/c1-9-12(32-27-25-9)7-23-13-14(16(30)15(13)29)28(2)8-10-3-5-11(6-4-10)17-24-18(31-26-17)19(20,21)22/h3-6,23H,7-8H2,1-2H3. The summed E-state index contributed by atoms with van der Waals surface area (Å²) in [6.07, 6.45) is -4.71. The van der Waals surface area contributed by atoms with Gasteiger partial charge in [-0.2, -0.15) is 18.2 Å². The average Bonchev–Trinajstić information content (AvgIpc) is 3.40. The molecule has 32 heavy (non-hydrogen) atoms. The van der Waals surface area contributed by atoms with Gasteiger partial charge < -0.3 is 14.7 Å². The Labute approximate surface area is 182 Å². The van der Waals surface area contributed by atoms with Crippen LogP contribution in [-0.4, -0.2) is 26.8 Å². The van der Waals surface area contributed by atoms with E-state index in [1.54, 1.807) is 43.1 Å². The molecule has 0 atom stereocenters. The zero-order chi connectivity index (χ0) is 23.0. The topological polar surface area (TPSA) is 114 Å². The highest BCUT2D eigenvalue weighted by molar-refractivity contribution is 7.05. The molecule has 0 amide bonds. The van der Waals surface area contributed by atoms with Gasteiger partial charge in [0, 0.05) is 19.2 Å². The molecule has 0 saturated heterocycles. The number of benzene rings is 1. The van der Waals surface area contributed by atoms with Gasteiger partial charge in [-0.05, 0) is 24.0 Å². The Hall–Kier alpha value is -3.61. The van der Waals surface area contributed by atoms with Gasteiger partial charge in [-0.3, -0.25) is 9.59 Å². The Balaban J connectivity index is 1.45. The van der Waals surface area contributed by atoms with Gasteiger partial charge in [0.1, 0.15) is 11.4 Å². The van der Waals surface area contributed by atoms with Gasteiger partial charge in [-0.15, -0.1) is 5.10 Å². The van der Waals surface area contributed by atoms with Gasteiger partial charge in [-0.1, -0.05) is 33.9 Å². The minimum absolute atomic E-state index is 0.181. The maximum absolute atomic E-state index is 12.6. The van der Waals surface area contributed by atoms with Crippen molar-refractivity contribution in [2.75, 3.05) is 17.3 Å². The fourth-order valence-electron chi connectivity index (χ4n) is 3.06. The predicted molar refractivity (Wildman–Crippen MR) is 110 cm³/mol. The fraction of sp³-hybridized carbons (Fsp3) is 0.263. The molecule has 9 nitrogen and oxygen atoms in total. The van der Waals surface area contributed by atoms with E-state index in [9.17, 15) is 22.8 Å². The van der Waals surface area contributed by atoms with E-state index in [-0.39, 0.29) is 17.2 Å². The van der Waals surface area contributed by atoms with Crippen molar-refractivity contribution in [2.24, 2.45) is 0 Å². The third-order valence-electron chi connectivity index (χ3n) is 4.74. The van der Waals surface area contributed by atoms with Crippen LogP contribution in [0, 0.1) is 6.92 Å². The molecule has 0 aliphatic rings. The van der Waals surface area contributed by atoms with Crippen LogP contribution in [0.3, 0.4) is 0 Å². The number of nitrogens with one attached hydrogen (secondary N) is 1. The van der Waals surface area contributed by atoms with Crippen LogP contribution in [0.5, 0.6) is 0 Å². The van der Waals surface area contributed by atoms with Crippen LogP contribution in [0.4, 0.5) is 24.5 Å². The Bertz CT molecular complexity index is 1320. The molecule has 0 bridgehead atoms. The molecular weight excluding hydrogens is 449 g/mol. The minimum Gasteiger partial charge on any atom is -0.375 e. The summed E-state index contributed by atoms with van der Waals surface area (Å²) >= 11 is 1.21. The molecule has 0 fully saturated rings. The van der Waals surface area contributed by atoms with Gasteiger partial charge in [-0.25, -0.2) is 0 Å². The first kappa shape index (κ1) is 21.6. The number of anilines is 2. The van der Waals surface area contributed by atoms with E-state index in [1.807, 2.05) is 0 Å². The first-order valence-corrected chi connectivity index (χ1v) is 9.99. The second-order valence-electron chi connectivity index (χ2n) is 6.99. The van der Waals surface area contributed by atoms with Gasteiger partial charge in [0.2, 0.25) is 5.82 Å². The number of rotatable bonds is 7. The summed E-state index contributed by atoms with van der Waals surface area (Å²) < 4.78 is 45.9. The summed E-state index contributed by atoms with van der Waals surface area (Å²) in [5, 5.41) is 10.2. The van der Waals surface area contributed by atoms with E-state index in [4.69, 9.17) is 0 Å². The Kier molecular flexibility index (Phi) is 5.50. The van der Waals surface area contributed by atoms with Crippen molar-refractivity contribution >= 4 is 22.9 Å². The van der Waals surface area contributed by atoms with Crippen molar-refractivity contribution < 1.29 is 17.7 Å². The number of hydrogen-bond donors (Lipinski definition) is 1. The SMILES string of the molecule is Cc1nnsc1CNc1c(N(C)Cc2ccc(-c3noc(C(F)(F)F)n3)cc2)c(=O)c1=O. The molecule has 0 aliphatic heterocycles.